The number of benzene rings is 2. The fourth-order valence-corrected chi connectivity index (χ4v) is 4.99. The molecule has 1 fully saturated rings. The number of hydrogen-bond donors (Lipinski definition) is 0. The second kappa shape index (κ2) is 10.6. The quantitative estimate of drug-likeness (QED) is 0.361. The third-order valence-electron chi connectivity index (χ3n) is 6.51. The first-order valence-electron chi connectivity index (χ1n) is 11.6. The smallest absolute Gasteiger partial charge is 0.130 e. The van der Waals surface area contributed by atoms with Crippen LogP contribution in [0.2, 0.25) is 0 Å². The minimum absolute atomic E-state index is 0.514. The predicted octanol–water partition coefficient (Wildman–Crippen LogP) is 8.97. The van der Waals surface area contributed by atoms with E-state index in [1.165, 1.54) is 10.5 Å². The number of thioether (sulfide) groups is 1. The second-order valence-electron chi connectivity index (χ2n) is 9.47. The molecule has 0 aliphatic carbocycles. The Morgan fingerprint density at radius 2 is 1.61 bits per heavy atom. The van der Waals surface area contributed by atoms with Gasteiger partial charge in [0.2, 0.25) is 0 Å². The van der Waals surface area contributed by atoms with Crippen LogP contribution in [0.1, 0.15) is 51.7 Å². The van der Waals surface area contributed by atoms with Crippen molar-refractivity contribution >= 4 is 17.5 Å². The zero-order valence-electron chi connectivity index (χ0n) is 20.5. The summed E-state index contributed by atoms with van der Waals surface area (Å²) in [5, 5.41) is 2.17. The summed E-state index contributed by atoms with van der Waals surface area (Å²) in [4.78, 5) is 3.62. The standard InChI is InChI=1S/C30H36FNS/c1-21(2)22(3)20-33-24(5)25-16-18-32(19-17-25)23(4)28-10-8-9-11-29(28)26-12-14-27(15-13-26)30(6,7)31/h8-15,20,25H,1,4-5,16-19H2,2-3,6-7H3/b22-20+. The van der Waals surface area contributed by atoms with E-state index in [1.807, 2.05) is 37.3 Å². The first-order valence-corrected chi connectivity index (χ1v) is 12.5. The van der Waals surface area contributed by atoms with Gasteiger partial charge in [-0.1, -0.05) is 73.8 Å². The molecule has 0 radical (unpaired) electrons. The number of hydrogen-bond acceptors (Lipinski definition) is 2. The zero-order chi connectivity index (χ0) is 24.2. The number of rotatable bonds is 8. The number of likely N-dealkylation sites (tertiary alicyclic amines) is 1. The largest absolute Gasteiger partial charge is 0.371 e. The van der Waals surface area contributed by atoms with Crippen LogP contribution in [0.25, 0.3) is 16.8 Å². The van der Waals surface area contributed by atoms with Crippen molar-refractivity contribution in [2.24, 2.45) is 5.92 Å². The summed E-state index contributed by atoms with van der Waals surface area (Å²) in [5.41, 5.74) is 6.07. The maximum atomic E-state index is 14.3. The van der Waals surface area contributed by atoms with Gasteiger partial charge in [-0.2, -0.15) is 0 Å². The van der Waals surface area contributed by atoms with Crippen LogP contribution in [-0.4, -0.2) is 18.0 Å². The molecule has 1 aliphatic heterocycles. The molecule has 0 bridgehead atoms. The Hall–Kier alpha value is -2.52. The predicted molar refractivity (Wildman–Crippen MR) is 145 cm³/mol. The number of nitrogens with zero attached hydrogens (tertiary/aromatic N) is 1. The summed E-state index contributed by atoms with van der Waals surface area (Å²) < 4.78 is 14.3. The Morgan fingerprint density at radius 3 is 2.18 bits per heavy atom. The van der Waals surface area contributed by atoms with Crippen molar-refractivity contribution in [2.75, 3.05) is 13.1 Å². The molecule has 0 saturated carbocycles. The van der Waals surface area contributed by atoms with Crippen molar-refractivity contribution < 1.29 is 4.39 Å². The van der Waals surface area contributed by atoms with E-state index in [0.717, 1.165) is 53.9 Å². The first-order chi connectivity index (χ1) is 15.6. The van der Waals surface area contributed by atoms with Crippen LogP contribution in [0.3, 0.4) is 0 Å². The average Bonchev–Trinajstić information content (AvgIpc) is 2.81. The van der Waals surface area contributed by atoms with Gasteiger partial charge >= 0.3 is 0 Å². The summed E-state index contributed by atoms with van der Waals surface area (Å²) in [5.74, 6) is 0.514. The molecule has 0 aromatic heterocycles. The summed E-state index contributed by atoms with van der Waals surface area (Å²) >= 11 is 1.74. The Morgan fingerprint density at radius 1 is 1.00 bits per heavy atom. The van der Waals surface area contributed by atoms with Crippen LogP contribution in [0.15, 0.2) is 89.7 Å². The van der Waals surface area contributed by atoms with Crippen LogP contribution in [0.5, 0.6) is 0 Å². The molecule has 0 spiro atoms. The van der Waals surface area contributed by atoms with Gasteiger partial charge in [-0.3, -0.25) is 0 Å². The molecule has 1 aliphatic rings. The fraction of sp³-hybridized carbons (Fsp3) is 0.333. The molecule has 1 saturated heterocycles. The molecule has 3 rings (SSSR count). The van der Waals surface area contributed by atoms with Crippen LogP contribution >= 0.6 is 11.8 Å². The van der Waals surface area contributed by atoms with E-state index >= 15 is 0 Å². The van der Waals surface area contributed by atoms with Crippen molar-refractivity contribution in [3.63, 3.8) is 0 Å². The molecule has 0 unspecified atom stereocenters. The second-order valence-corrected chi connectivity index (χ2v) is 10.5. The van der Waals surface area contributed by atoms with Gasteiger partial charge in [0.15, 0.2) is 0 Å². The summed E-state index contributed by atoms with van der Waals surface area (Å²) in [6.07, 6.45) is 2.15. The maximum absolute atomic E-state index is 14.3. The van der Waals surface area contributed by atoms with E-state index in [4.69, 9.17) is 0 Å². The highest BCUT2D eigenvalue weighted by Crippen LogP contribution is 2.37. The van der Waals surface area contributed by atoms with E-state index in [2.05, 4.69) is 55.2 Å². The Kier molecular flexibility index (Phi) is 8.07. The van der Waals surface area contributed by atoms with Gasteiger partial charge < -0.3 is 4.90 Å². The van der Waals surface area contributed by atoms with Gasteiger partial charge in [0.1, 0.15) is 5.67 Å². The SMILES string of the molecule is C=C(C)/C(C)=C/SC(=C)C1CCN(C(=C)c2ccccc2-c2ccc(C(C)(C)F)cc2)CC1. The fourth-order valence-electron chi connectivity index (χ4n) is 4.04. The summed E-state index contributed by atoms with van der Waals surface area (Å²) in [7, 11) is 0. The number of allylic oxidation sites excluding steroid dienone is 3. The molecule has 0 amide bonds. The Balaban J connectivity index is 1.69. The van der Waals surface area contributed by atoms with Crippen molar-refractivity contribution in [3.8, 4) is 11.1 Å². The molecular formula is C30H36FNS. The van der Waals surface area contributed by atoms with Crippen molar-refractivity contribution in [3.05, 3.63) is 101 Å². The summed E-state index contributed by atoms with van der Waals surface area (Å²) in [6, 6.07) is 16.2. The normalized spacial score (nSPS) is 15.4. The first kappa shape index (κ1) is 25.1. The third kappa shape index (κ3) is 6.29. The third-order valence-corrected chi connectivity index (χ3v) is 7.62. The number of alkyl halides is 1. The highest BCUT2D eigenvalue weighted by Gasteiger charge is 2.24. The number of halogens is 1. The maximum Gasteiger partial charge on any atom is 0.130 e. The Labute approximate surface area is 203 Å². The van der Waals surface area contributed by atoms with Gasteiger partial charge in [-0.25, -0.2) is 4.39 Å². The zero-order valence-corrected chi connectivity index (χ0v) is 21.3. The average molecular weight is 462 g/mol. The summed E-state index contributed by atoms with van der Waals surface area (Å²) in [6.45, 7) is 22.0. The van der Waals surface area contributed by atoms with Gasteiger partial charge in [-0.15, -0.1) is 11.8 Å². The van der Waals surface area contributed by atoms with Crippen molar-refractivity contribution in [2.45, 2.75) is 46.2 Å². The van der Waals surface area contributed by atoms with Crippen LogP contribution in [0, 0.1) is 5.92 Å². The van der Waals surface area contributed by atoms with E-state index in [9.17, 15) is 4.39 Å². The lowest BCUT2D eigenvalue weighted by Gasteiger charge is -2.36. The molecule has 1 nitrogen and oxygen atoms in total. The Bertz CT molecular complexity index is 1050. The van der Waals surface area contributed by atoms with Crippen molar-refractivity contribution in [1.82, 2.24) is 4.90 Å². The van der Waals surface area contributed by atoms with Crippen molar-refractivity contribution in [1.29, 1.82) is 0 Å². The molecule has 0 N–H and O–H groups in total. The molecule has 0 atom stereocenters. The minimum atomic E-state index is -1.34. The topological polar surface area (TPSA) is 3.24 Å². The molecule has 174 valence electrons. The molecule has 33 heavy (non-hydrogen) atoms. The molecule has 2 aromatic rings. The van der Waals surface area contributed by atoms with Gasteiger partial charge in [0, 0.05) is 24.4 Å². The molecular weight excluding hydrogens is 425 g/mol. The van der Waals surface area contributed by atoms with E-state index in [1.54, 1.807) is 25.6 Å². The van der Waals surface area contributed by atoms with Crippen LogP contribution in [0.4, 0.5) is 4.39 Å². The lowest BCUT2D eigenvalue weighted by molar-refractivity contribution is 0.221. The lowest BCUT2D eigenvalue weighted by atomic mass is 9.92. The number of piperidine rings is 1. The van der Waals surface area contributed by atoms with Gasteiger partial charge in [-0.05, 0) is 79.0 Å². The van der Waals surface area contributed by atoms with E-state index in [0.29, 0.717) is 11.5 Å². The molecule has 2 aromatic carbocycles. The minimum Gasteiger partial charge on any atom is -0.371 e. The van der Waals surface area contributed by atoms with Gasteiger partial charge in [0.05, 0.1) is 0 Å². The van der Waals surface area contributed by atoms with E-state index in [-0.39, 0.29) is 0 Å². The highest BCUT2D eigenvalue weighted by atomic mass is 32.2. The van der Waals surface area contributed by atoms with Gasteiger partial charge in [0.25, 0.3) is 0 Å². The monoisotopic (exact) mass is 461 g/mol. The highest BCUT2D eigenvalue weighted by molar-refractivity contribution is 8.05. The molecule has 1 heterocycles. The van der Waals surface area contributed by atoms with E-state index < -0.39 is 5.67 Å². The molecule has 3 heteroatoms. The van der Waals surface area contributed by atoms with Crippen LogP contribution < -0.4 is 0 Å². The lowest BCUT2D eigenvalue weighted by Crippen LogP contribution is -2.32. The van der Waals surface area contributed by atoms with Crippen LogP contribution in [-0.2, 0) is 5.67 Å².